The Kier molecular flexibility index (Phi) is 4.45. The molecule has 1 atom stereocenters. The average molecular weight is 408 g/mol. The first-order valence-electron chi connectivity index (χ1n) is 9.68. The number of rotatable bonds is 3. The quantitative estimate of drug-likeness (QED) is 0.667. The van der Waals surface area contributed by atoms with E-state index in [0.29, 0.717) is 11.4 Å². The van der Waals surface area contributed by atoms with Crippen molar-refractivity contribution in [2.24, 2.45) is 0 Å². The summed E-state index contributed by atoms with van der Waals surface area (Å²) in [6.07, 6.45) is -0.843. The molecule has 0 radical (unpaired) electrons. The minimum Gasteiger partial charge on any atom is -0.318 e. The number of anilines is 1. The monoisotopic (exact) mass is 408 g/mol. The minimum atomic E-state index is -0.843. The van der Waals surface area contributed by atoms with E-state index in [-0.39, 0.29) is 6.03 Å². The molecule has 0 aliphatic carbocycles. The van der Waals surface area contributed by atoms with Gasteiger partial charge in [-0.25, -0.2) is 14.4 Å². The van der Waals surface area contributed by atoms with Gasteiger partial charge in [-0.15, -0.1) is 4.74 Å². The fraction of sp³-hybridized carbons (Fsp3) is 0.318. The van der Waals surface area contributed by atoms with Crippen LogP contribution < -0.4 is 16.3 Å². The Hall–Kier alpha value is -3.55. The third-order valence-corrected chi connectivity index (χ3v) is 5.80. The molecular weight excluding hydrogens is 384 g/mol. The van der Waals surface area contributed by atoms with Crippen molar-refractivity contribution in [1.82, 2.24) is 14.2 Å². The molecule has 1 aliphatic heterocycles. The smallest absolute Gasteiger partial charge is 0.318 e. The van der Waals surface area contributed by atoms with Crippen LogP contribution in [0.25, 0.3) is 5.69 Å². The summed E-state index contributed by atoms with van der Waals surface area (Å²) in [6, 6.07) is 14.1. The summed E-state index contributed by atoms with van der Waals surface area (Å²) in [7, 11) is 1.67. The van der Waals surface area contributed by atoms with E-state index in [4.69, 9.17) is 4.52 Å². The molecule has 1 unspecified atom stereocenters. The number of amides is 2. The SMILES string of the molecule is Cc1ccc(N2C(=O)N(C)C(C)(C)C2n2oc(=O)n(-c3ccc(C)cc3)c2=O)cc1. The Morgan fingerprint density at radius 1 is 0.833 bits per heavy atom. The van der Waals surface area contributed by atoms with Gasteiger partial charge in [-0.05, 0) is 52.0 Å². The predicted molar refractivity (Wildman–Crippen MR) is 113 cm³/mol. The first-order valence-corrected chi connectivity index (χ1v) is 9.68. The Morgan fingerprint density at radius 2 is 1.33 bits per heavy atom. The van der Waals surface area contributed by atoms with Crippen molar-refractivity contribution in [2.45, 2.75) is 39.4 Å². The topological polar surface area (TPSA) is 80.7 Å². The first-order chi connectivity index (χ1) is 14.1. The van der Waals surface area contributed by atoms with Crippen molar-refractivity contribution in [3.8, 4) is 5.69 Å². The van der Waals surface area contributed by atoms with Crippen LogP contribution in [0.1, 0.15) is 31.1 Å². The normalized spacial score (nSPS) is 18.3. The molecule has 156 valence electrons. The standard InChI is InChI=1S/C22H24N4O4/c1-14-6-10-16(11-7-14)24-18(22(3,4)23(5)19(24)27)26-20(28)25(21(29)30-26)17-12-8-15(2)9-13-17/h6-13,18H,1-5H3. The highest BCUT2D eigenvalue weighted by atomic mass is 16.5. The van der Waals surface area contributed by atoms with Gasteiger partial charge < -0.3 is 9.42 Å². The van der Waals surface area contributed by atoms with E-state index in [2.05, 4.69) is 0 Å². The highest BCUT2D eigenvalue weighted by Crippen LogP contribution is 2.41. The number of nitrogens with zero attached hydrogens (tertiary/aromatic N) is 4. The van der Waals surface area contributed by atoms with Gasteiger partial charge in [0.15, 0.2) is 6.17 Å². The van der Waals surface area contributed by atoms with Crippen LogP contribution in [0.3, 0.4) is 0 Å². The summed E-state index contributed by atoms with van der Waals surface area (Å²) >= 11 is 0. The number of urea groups is 1. The van der Waals surface area contributed by atoms with Crippen molar-refractivity contribution in [1.29, 1.82) is 0 Å². The van der Waals surface area contributed by atoms with E-state index < -0.39 is 23.2 Å². The highest BCUT2D eigenvalue weighted by molar-refractivity contribution is 5.95. The number of carbonyl (C=O) groups is 1. The lowest BCUT2D eigenvalue weighted by Gasteiger charge is -2.31. The number of aromatic nitrogens is 2. The Balaban J connectivity index is 1.90. The number of aryl methyl sites for hydroxylation is 2. The zero-order valence-corrected chi connectivity index (χ0v) is 17.6. The average Bonchev–Trinajstić information content (AvgIpc) is 3.08. The summed E-state index contributed by atoms with van der Waals surface area (Å²) in [6.45, 7) is 7.54. The van der Waals surface area contributed by atoms with E-state index >= 15 is 0 Å². The van der Waals surface area contributed by atoms with Crippen LogP contribution in [0.5, 0.6) is 0 Å². The molecular formula is C22H24N4O4. The van der Waals surface area contributed by atoms with Gasteiger partial charge in [0, 0.05) is 12.7 Å². The summed E-state index contributed by atoms with van der Waals surface area (Å²) in [5, 5.41) is 0. The van der Waals surface area contributed by atoms with Gasteiger partial charge in [-0.2, -0.15) is 4.57 Å². The fourth-order valence-corrected chi connectivity index (χ4v) is 3.76. The first kappa shape index (κ1) is 19.8. The van der Waals surface area contributed by atoms with E-state index in [1.54, 1.807) is 24.1 Å². The van der Waals surface area contributed by atoms with Gasteiger partial charge >= 0.3 is 17.5 Å². The van der Waals surface area contributed by atoms with Crippen LogP contribution in [0, 0.1) is 13.8 Å². The molecule has 8 heteroatoms. The molecule has 1 aromatic heterocycles. The Labute approximate surface area is 173 Å². The van der Waals surface area contributed by atoms with Crippen LogP contribution in [-0.2, 0) is 0 Å². The highest BCUT2D eigenvalue weighted by Gasteiger charge is 2.53. The molecule has 0 bridgehead atoms. The van der Waals surface area contributed by atoms with E-state index in [1.807, 2.05) is 64.1 Å². The molecule has 0 N–H and O–H groups in total. The van der Waals surface area contributed by atoms with Crippen molar-refractivity contribution >= 4 is 11.7 Å². The molecule has 4 rings (SSSR count). The fourth-order valence-electron chi connectivity index (χ4n) is 3.76. The number of hydrogen-bond donors (Lipinski definition) is 0. The number of carbonyl (C=O) groups excluding carboxylic acids is 1. The van der Waals surface area contributed by atoms with Crippen molar-refractivity contribution in [3.63, 3.8) is 0 Å². The van der Waals surface area contributed by atoms with Gasteiger partial charge in [-0.1, -0.05) is 35.4 Å². The summed E-state index contributed by atoms with van der Waals surface area (Å²) in [4.78, 5) is 42.0. The van der Waals surface area contributed by atoms with Crippen molar-refractivity contribution in [3.05, 3.63) is 80.7 Å². The molecule has 8 nitrogen and oxygen atoms in total. The molecule has 2 heterocycles. The molecule has 1 fully saturated rings. The van der Waals surface area contributed by atoms with Gasteiger partial charge in [-0.3, -0.25) is 4.90 Å². The molecule has 2 amide bonds. The van der Waals surface area contributed by atoms with Crippen LogP contribution in [0.2, 0.25) is 0 Å². The Morgan fingerprint density at radius 3 is 1.87 bits per heavy atom. The van der Waals surface area contributed by atoms with Crippen molar-refractivity contribution in [2.75, 3.05) is 11.9 Å². The second-order valence-corrected chi connectivity index (χ2v) is 8.21. The summed E-state index contributed by atoms with van der Waals surface area (Å²) in [5.41, 5.74) is 1.62. The Bertz CT molecular complexity index is 1220. The number of hydrogen-bond acceptors (Lipinski definition) is 4. The van der Waals surface area contributed by atoms with Gasteiger partial charge in [0.1, 0.15) is 0 Å². The lowest BCUT2D eigenvalue weighted by molar-refractivity contribution is 0.110. The second-order valence-electron chi connectivity index (χ2n) is 8.21. The lowest BCUT2D eigenvalue weighted by atomic mass is 10.0. The second kappa shape index (κ2) is 6.76. The summed E-state index contributed by atoms with van der Waals surface area (Å²) < 4.78 is 7.39. The van der Waals surface area contributed by atoms with Gasteiger partial charge in [0.2, 0.25) is 0 Å². The van der Waals surface area contributed by atoms with E-state index in [9.17, 15) is 14.4 Å². The summed E-state index contributed by atoms with van der Waals surface area (Å²) in [5.74, 6) is -0.800. The lowest BCUT2D eigenvalue weighted by Crippen LogP contribution is -2.45. The zero-order valence-electron chi connectivity index (χ0n) is 17.6. The maximum Gasteiger partial charge on any atom is 0.447 e. The molecule has 2 aromatic carbocycles. The largest absolute Gasteiger partial charge is 0.447 e. The predicted octanol–water partition coefficient (Wildman–Crippen LogP) is 3.06. The third kappa shape index (κ3) is 2.87. The van der Waals surface area contributed by atoms with Gasteiger partial charge in [0.25, 0.3) is 0 Å². The zero-order chi connectivity index (χ0) is 21.8. The van der Waals surface area contributed by atoms with E-state index in [1.165, 1.54) is 4.90 Å². The van der Waals surface area contributed by atoms with Crippen LogP contribution in [0.4, 0.5) is 10.5 Å². The molecule has 1 aliphatic rings. The minimum absolute atomic E-state index is 0.286. The maximum atomic E-state index is 13.3. The maximum absolute atomic E-state index is 13.3. The van der Waals surface area contributed by atoms with Crippen LogP contribution in [0.15, 0.2) is 62.6 Å². The van der Waals surface area contributed by atoms with Gasteiger partial charge in [0.05, 0.1) is 11.2 Å². The van der Waals surface area contributed by atoms with Crippen LogP contribution >= 0.6 is 0 Å². The molecule has 1 saturated heterocycles. The van der Waals surface area contributed by atoms with Crippen molar-refractivity contribution < 1.29 is 9.32 Å². The third-order valence-electron chi connectivity index (χ3n) is 5.80. The molecule has 0 saturated carbocycles. The van der Waals surface area contributed by atoms with Crippen LogP contribution in [-0.4, -0.2) is 32.8 Å². The van der Waals surface area contributed by atoms with E-state index in [0.717, 1.165) is 20.4 Å². The number of benzene rings is 2. The molecule has 30 heavy (non-hydrogen) atoms. The number of likely N-dealkylation sites (N-methyl/N-ethyl adjacent to an activating group) is 1. The molecule has 0 spiro atoms. The molecule has 3 aromatic rings.